The standard InChI is InChI=1S/C20H27N5O3/c1-24-10-12-25(13-11-24)19-8-7-18(22-23-19)21-20(26)9-5-15-4-6-16(27-2)17(14-15)28-3/h4,6-8,14H,5,9-13H2,1-3H3,(H,21,22,26). The van der Waals surface area contributed by atoms with Crippen molar-refractivity contribution in [3.63, 3.8) is 0 Å². The lowest BCUT2D eigenvalue weighted by Crippen LogP contribution is -2.44. The topological polar surface area (TPSA) is 79.8 Å². The molecule has 0 unspecified atom stereocenters. The monoisotopic (exact) mass is 385 g/mol. The number of likely N-dealkylation sites (N-methyl/N-ethyl adjacent to an activating group) is 1. The Labute approximate surface area is 165 Å². The Hall–Kier alpha value is -2.87. The van der Waals surface area contributed by atoms with E-state index in [0.29, 0.717) is 30.2 Å². The van der Waals surface area contributed by atoms with Gasteiger partial charge in [0.05, 0.1) is 14.2 Å². The summed E-state index contributed by atoms with van der Waals surface area (Å²) in [6.07, 6.45) is 0.941. The van der Waals surface area contributed by atoms with Crippen LogP contribution >= 0.6 is 0 Å². The van der Waals surface area contributed by atoms with Gasteiger partial charge in [-0.05, 0) is 43.3 Å². The first-order valence-corrected chi connectivity index (χ1v) is 9.37. The molecule has 0 bridgehead atoms. The Kier molecular flexibility index (Phi) is 6.65. The van der Waals surface area contributed by atoms with Crippen molar-refractivity contribution in [1.82, 2.24) is 15.1 Å². The van der Waals surface area contributed by atoms with Crippen molar-refractivity contribution in [3.05, 3.63) is 35.9 Å². The number of methoxy groups -OCH3 is 2. The molecule has 1 fully saturated rings. The SMILES string of the molecule is COc1ccc(CCC(=O)Nc2ccc(N3CCN(C)CC3)nn2)cc1OC. The van der Waals surface area contributed by atoms with Gasteiger partial charge in [-0.1, -0.05) is 6.07 Å². The van der Waals surface area contributed by atoms with Crippen LogP contribution in [-0.2, 0) is 11.2 Å². The summed E-state index contributed by atoms with van der Waals surface area (Å²) in [5.74, 6) is 2.54. The molecular weight excluding hydrogens is 358 g/mol. The van der Waals surface area contributed by atoms with E-state index in [1.807, 2.05) is 24.3 Å². The molecule has 1 aliphatic heterocycles. The summed E-state index contributed by atoms with van der Waals surface area (Å²) in [4.78, 5) is 16.7. The minimum Gasteiger partial charge on any atom is -0.493 e. The third-order valence-corrected chi connectivity index (χ3v) is 4.83. The van der Waals surface area contributed by atoms with Crippen LogP contribution in [-0.4, -0.2) is 68.5 Å². The maximum Gasteiger partial charge on any atom is 0.225 e. The van der Waals surface area contributed by atoms with Gasteiger partial charge in [-0.15, -0.1) is 10.2 Å². The van der Waals surface area contributed by atoms with Crippen LogP contribution in [0.4, 0.5) is 11.6 Å². The van der Waals surface area contributed by atoms with Gasteiger partial charge in [0.1, 0.15) is 0 Å². The van der Waals surface area contributed by atoms with Crippen molar-refractivity contribution in [2.75, 3.05) is 57.7 Å². The van der Waals surface area contributed by atoms with Crippen molar-refractivity contribution in [2.45, 2.75) is 12.8 Å². The van der Waals surface area contributed by atoms with E-state index in [-0.39, 0.29) is 5.91 Å². The van der Waals surface area contributed by atoms with Crippen molar-refractivity contribution >= 4 is 17.5 Å². The maximum atomic E-state index is 12.2. The average Bonchev–Trinajstić information content (AvgIpc) is 2.73. The summed E-state index contributed by atoms with van der Waals surface area (Å²) in [6.45, 7) is 3.89. The van der Waals surface area contributed by atoms with Crippen LogP contribution < -0.4 is 19.7 Å². The predicted octanol–water partition coefficient (Wildman–Crippen LogP) is 1.82. The smallest absolute Gasteiger partial charge is 0.225 e. The molecule has 1 amide bonds. The number of aryl methyl sites for hydroxylation is 1. The fourth-order valence-electron chi connectivity index (χ4n) is 3.10. The molecular formula is C20H27N5O3. The van der Waals surface area contributed by atoms with Crippen molar-refractivity contribution in [3.8, 4) is 11.5 Å². The zero-order valence-corrected chi connectivity index (χ0v) is 16.6. The van der Waals surface area contributed by atoms with Gasteiger partial charge in [0.15, 0.2) is 23.1 Å². The van der Waals surface area contributed by atoms with Gasteiger partial charge in [0.2, 0.25) is 5.91 Å². The van der Waals surface area contributed by atoms with Crippen LogP contribution in [0.3, 0.4) is 0 Å². The number of carbonyl (C=O) groups is 1. The van der Waals surface area contributed by atoms with Crippen molar-refractivity contribution in [2.24, 2.45) is 0 Å². The number of rotatable bonds is 7. The zero-order valence-electron chi connectivity index (χ0n) is 16.6. The zero-order chi connectivity index (χ0) is 19.9. The molecule has 1 aromatic heterocycles. The number of piperazine rings is 1. The van der Waals surface area contributed by atoms with Crippen LogP contribution in [0.5, 0.6) is 11.5 Å². The Balaban J connectivity index is 1.51. The Morgan fingerprint density at radius 1 is 1.04 bits per heavy atom. The molecule has 1 aliphatic rings. The number of hydrogen-bond acceptors (Lipinski definition) is 7. The highest BCUT2D eigenvalue weighted by molar-refractivity contribution is 5.89. The Morgan fingerprint density at radius 3 is 2.43 bits per heavy atom. The fourth-order valence-corrected chi connectivity index (χ4v) is 3.10. The van der Waals surface area contributed by atoms with E-state index in [0.717, 1.165) is 37.6 Å². The lowest BCUT2D eigenvalue weighted by Gasteiger charge is -2.32. The molecule has 150 valence electrons. The highest BCUT2D eigenvalue weighted by atomic mass is 16.5. The molecule has 8 heteroatoms. The van der Waals surface area contributed by atoms with Gasteiger partial charge in [0, 0.05) is 32.6 Å². The second kappa shape index (κ2) is 9.36. The van der Waals surface area contributed by atoms with E-state index in [1.54, 1.807) is 20.3 Å². The summed E-state index contributed by atoms with van der Waals surface area (Å²) in [5, 5.41) is 11.2. The third kappa shape index (κ3) is 5.10. The van der Waals surface area contributed by atoms with Gasteiger partial charge < -0.3 is 24.6 Å². The third-order valence-electron chi connectivity index (χ3n) is 4.83. The first-order valence-electron chi connectivity index (χ1n) is 9.37. The number of carbonyl (C=O) groups excluding carboxylic acids is 1. The molecule has 1 aromatic carbocycles. The molecule has 0 aliphatic carbocycles. The number of aromatic nitrogens is 2. The normalized spacial score (nSPS) is 14.6. The summed E-state index contributed by atoms with van der Waals surface area (Å²) >= 11 is 0. The highest BCUT2D eigenvalue weighted by Crippen LogP contribution is 2.28. The molecule has 0 spiro atoms. The predicted molar refractivity (Wildman–Crippen MR) is 108 cm³/mol. The second-order valence-corrected chi connectivity index (χ2v) is 6.80. The van der Waals surface area contributed by atoms with E-state index in [9.17, 15) is 4.79 Å². The number of amides is 1. The molecule has 8 nitrogen and oxygen atoms in total. The summed E-state index contributed by atoms with van der Waals surface area (Å²) in [5.41, 5.74) is 1.00. The van der Waals surface area contributed by atoms with Gasteiger partial charge in [0.25, 0.3) is 0 Å². The lowest BCUT2D eigenvalue weighted by molar-refractivity contribution is -0.116. The van der Waals surface area contributed by atoms with E-state index in [2.05, 4.69) is 32.4 Å². The molecule has 28 heavy (non-hydrogen) atoms. The van der Waals surface area contributed by atoms with Crippen molar-refractivity contribution < 1.29 is 14.3 Å². The molecule has 1 N–H and O–H groups in total. The number of anilines is 2. The lowest BCUT2D eigenvalue weighted by atomic mass is 10.1. The molecule has 0 saturated carbocycles. The van der Waals surface area contributed by atoms with Gasteiger partial charge >= 0.3 is 0 Å². The minimum absolute atomic E-state index is 0.101. The highest BCUT2D eigenvalue weighted by Gasteiger charge is 2.16. The van der Waals surface area contributed by atoms with Crippen LogP contribution in [0.2, 0.25) is 0 Å². The van der Waals surface area contributed by atoms with E-state index in [1.165, 1.54) is 0 Å². The van der Waals surface area contributed by atoms with E-state index in [4.69, 9.17) is 9.47 Å². The molecule has 1 saturated heterocycles. The molecule has 0 atom stereocenters. The van der Waals surface area contributed by atoms with Crippen LogP contribution in [0.25, 0.3) is 0 Å². The maximum absolute atomic E-state index is 12.2. The van der Waals surface area contributed by atoms with Gasteiger partial charge in [-0.3, -0.25) is 4.79 Å². The number of hydrogen-bond donors (Lipinski definition) is 1. The van der Waals surface area contributed by atoms with Crippen LogP contribution in [0.1, 0.15) is 12.0 Å². The molecule has 2 aromatic rings. The number of nitrogens with zero attached hydrogens (tertiary/aromatic N) is 4. The van der Waals surface area contributed by atoms with Crippen LogP contribution in [0.15, 0.2) is 30.3 Å². The number of nitrogens with one attached hydrogen (secondary N) is 1. The minimum atomic E-state index is -0.101. The number of benzene rings is 1. The largest absolute Gasteiger partial charge is 0.493 e. The second-order valence-electron chi connectivity index (χ2n) is 6.80. The van der Waals surface area contributed by atoms with E-state index < -0.39 is 0 Å². The van der Waals surface area contributed by atoms with Crippen LogP contribution in [0, 0.1) is 0 Å². The number of ether oxygens (including phenoxy) is 2. The summed E-state index contributed by atoms with van der Waals surface area (Å²) < 4.78 is 10.5. The van der Waals surface area contributed by atoms with Gasteiger partial charge in [-0.25, -0.2) is 0 Å². The average molecular weight is 385 g/mol. The molecule has 2 heterocycles. The Bertz CT molecular complexity index is 789. The first-order chi connectivity index (χ1) is 13.6. The molecule has 3 rings (SSSR count). The molecule has 0 radical (unpaired) electrons. The van der Waals surface area contributed by atoms with Gasteiger partial charge in [-0.2, -0.15) is 0 Å². The summed E-state index contributed by atoms with van der Waals surface area (Å²) in [6, 6.07) is 9.36. The summed E-state index contributed by atoms with van der Waals surface area (Å²) in [7, 11) is 5.31. The first kappa shape index (κ1) is 19.9. The quantitative estimate of drug-likeness (QED) is 0.779. The van der Waals surface area contributed by atoms with Crippen molar-refractivity contribution in [1.29, 1.82) is 0 Å². The Morgan fingerprint density at radius 2 is 1.79 bits per heavy atom. The van der Waals surface area contributed by atoms with E-state index >= 15 is 0 Å². The fraction of sp³-hybridized carbons (Fsp3) is 0.450.